The molecule has 572 valence electrons. The molecule has 2 aromatic rings. The van der Waals surface area contributed by atoms with Crippen LogP contribution in [0.25, 0.3) is 0 Å². The van der Waals surface area contributed by atoms with Crippen molar-refractivity contribution in [1.29, 1.82) is 0 Å². The second-order valence-electron chi connectivity index (χ2n) is 25.0. The maximum atomic E-state index is 14.0. The highest BCUT2D eigenvalue weighted by molar-refractivity contribution is 6.21. The first-order chi connectivity index (χ1) is 49.6. The SMILES string of the molecule is COC[C@H]1O[C@@H]2O[C@H]3[C@H](OC)[C@@H](OC)[C@@H](O[C@H]4[C@H](OC)[C@@H](OC)[C@@H](O[C@H]5[C@H](OC)[C@@H](OC)[C@@H](O[C@H]6[C@H](OC)[C@@H](OC)[C@@H](O[C@H]7[C@H](OC)[C@@H](OC)[C@@H](O[C@H]1[C@H](OC)[C@H]2OC)O[C@@H]7CO)O[C@@H]6CON1C(=O)c2ccccc2C1=O)O[C@@H]5CON1C(=O)c2ccccc2C1=O)O[C@@H]4CO)O[C@@H]3COC. The average molecular weight is 1460 g/mol. The minimum atomic E-state index is -1.63. The van der Waals surface area contributed by atoms with Gasteiger partial charge in [0, 0.05) is 99.5 Å². The number of amides is 4. The van der Waals surface area contributed by atoms with Crippen LogP contribution in [0, 0.1) is 0 Å². The molecule has 24 aliphatic heterocycles. The van der Waals surface area contributed by atoms with E-state index >= 15 is 0 Å². The number of hydrogen-bond acceptors (Lipinski definition) is 34. The minimum Gasteiger partial charge on any atom is -0.394 e. The predicted molar refractivity (Wildman–Crippen MR) is 334 cm³/mol. The summed E-state index contributed by atoms with van der Waals surface area (Å²) in [6.45, 7) is -3.00. The van der Waals surface area contributed by atoms with Gasteiger partial charge in [0.05, 0.1) is 48.7 Å². The topological polar surface area (TPSA) is 374 Å². The van der Waals surface area contributed by atoms with Gasteiger partial charge in [0.1, 0.15) is 160 Å². The molecule has 22 fully saturated rings. The summed E-state index contributed by atoms with van der Waals surface area (Å²) in [5.41, 5.74) is 0.297. The molecule has 0 unspecified atom stereocenters. The third-order valence-electron chi connectivity index (χ3n) is 19.8. The molecule has 30 atom stereocenters. The van der Waals surface area contributed by atoms with Crippen molar-refractivity contribution in [3.05, 3.63) is 70.8 Å². The van der Waals surface area contributed by atoms with Crippen LogP contribution in [0.1, 0.15) is 41.4 Å². The third-order valence-corrected chi connectivity index (χ3v) is 19.8. The van der Waals surface area contributed by atoms with E-state index in [-0.39, 0.29) is 35.5 Å². The summed E-state index contributed by atoms with van der Waals surface area (Å²) in [5, 5.41) is 24.0. The maximum Gasteiger partial charge on any atom is 0.285 e. The molecule has 0 spiro atoms. The molecule has 0 radical (unpaired) electrons. The van der Waals surface area contributed by atoms with E-state index in [0.29, 0.717) is 10.1 Å². The van der Waals surface area contributed by atoms with Crippen LogP contribution < -0.4 is 0 Å². The lowest BCUT2D eigenvalue weighted by molar-refractivity contribution is -0.411. The van der Waals surface area contributed by atoms with E-state index in [1.807, 2.05) is 0 Å². The highest BCUT2D eigenvalue weighted by Gasteiger charge is 2.62. The van der Waals surface area contributed by atoms with E-state index < -0.39 is 234 Å². The first kappa shape index (κ1) is 78.6. The van der Waals surface area contributed by atoms with Gasteiger partial charge >= 0.3 is 0 Å². The Hall–Kier alpha value is -4.48. The monoisotopic (exact) mass is 1460 g/mol. The fourth-order valence-corrected chi connectivity index (χ4v) is 15.0. The standard InChI is InChI=1S/C66H94N2O34/c1-75-25-35-41-47(79-5)54(86-12)64(94-35)100-42-36(26-76-2)93-63(53(85-11)48(42)80-6)97-39-33(23-69)92-62(52(84-10)45(39)77-3)101-43-37(27-89-67-57(71)29-19-15-16-20-30(29)58(67)72)96-66(56(88-14)49(43)81-7)102-44-38(28-90-68-59(73)31-21-17-18-22-32(31)60(68)74)95-65(55(87-13)50(44)82-8)98-40-34(24-70)91-61(99-41)51(83-9)46(40)78-4/h15-22,33-56,61-66,69-70H,23-28H2,1-14H3/t33-,34-,35-,36-,37-,38-,39-,40-,41-,42-,43-,44-,45+,46+,47+,48+,49+,50+,51-,52-,53-,54-,55-,56-,61-,62-,63-,64-,65-,66-/m1/s1. The van der Waals surface area contributed by atoms with Gasteiger partial charge in [-0.15, -0.1) is 10.1 Å². The second-order valence-corrected chi connectivity index (χ2v) is 25.0. The third kappa shape index (κ3) is 15.1. The van der Waals surface area contributed by atoms with Gasteiger partial charge < -0.3 is 133 Å². The zero-order valence-electron chi connectivity index (χ0n) is 59.0. The maximum absolute atomic E-state index is 14.0. The lowest BCUT2D eigenvalue weighted by atomic mass is 9.94. The van der Waals surface area contributed by atoms with Crippen molar-refractivity contribution in [3.63, 3.8) is 0 Å². The van der Waals surface area contributed by atoms with Crippen LogP contribution >= 0.6 is 0 Å². The number of aliphatic hydroxyl groups is 2. The molecule has 22 saturated heterocycles. The Bertz CT molecular complexity index is 2910. The lowest BCUT2D eigenvalue weighted by Gasteiger charge is -2.53. The van der Waals surface area contributed by atoms with E-state index in [1.165, 1.54) is 124 Å². The molecule has 24 heterocycles. The Labute approximate surface area is 588 Å². The van der Waals surface area contributed by atoms with Crippen LogP contribution in [-0.2, 0) is 133 Å². The Kier molecular flexibility index (Phi) is 27.3. The van der Waals surface area contributed by atoms with Gasteiger partial charge in [-0.1, -0.05) is 24.3 Å². The molecule has 2 N–H and O–H groups in total. The molecule has 12 bridgehead atoms. The molecule has 2 aromatic carbocycles. The molecular weight excluding hydrogens is 1360 g/mol. The molecule has 24 aliphatic rings. The first-order valence-corrected chi connectivity index (χ1v) is 33.2. The van der Waals surface area contributed by atoms with Crippen LogP contribution in [0.4, 0.5) is 0 Å². The zero-order chi connectivity index (χ0) is 72.8. The molecule has 0 saturated carbocycles. The number of carbonyl (C=O) groups excluding carboxylic acids is 4. The predicted octanol–water partition coefficient (Wildman–Crippen LogP) is -1.43. The minimum absolute atomic E-state index is 0.0743. The number of imide groups is 2. The molecule has 0 aromatic heterocycles. The van der Waals surface area contributed by atoms with Crippen molar-refractivity contribution in [3.8, 4) is 0 Å². The number of rotatable bonds is 24. The van der Waals surface area contributed by atoms with Gasteiger partial charge in [-0.3, -0.25) is 28.9 Å². The number of ether oxygens (including phenoxy) is 26. The normalized spacial score (nSPS) is 41.2. The highest BCUT2D eigenvalue weighted by Crippen LogP contribution is 2.43. The molecule has 36 nitrogen and oxygen atoms in total. The largest absolute Gasteiger partial charge is 0.394 e. The van der Waals surface area contributed by atoms with Gasteiger partial charge in [0.15, 0.2) is 37.7 Å². The summed E-state index contributed by atoms with van der Waals surface area (Å²) in [7, 11) is 19.6. The Morgan fingerprint density at radius 2 is 0.461 bits per heavy atom. The van der Waals surface area contributed by atoms with Crippen molar-refractivity contribution in [2.24, 2.45) is 0 Å². The van der Waals surface area contributed by atoms with E-state index in [1.54, 1.807) is 24.3 Å². The van der Waals surface area contributed by atoms with Gasteiger partial charge in [-0.25, -0.2) is 0 Å². The molecule has 0 aliphatic carbocycles. The molecule has 36 heteroatoms. The number of nitrogens with zero attached hydrogens (tertiary/aromatic N) is 2. The summed E-state index contributed by atoms with van der Waals surface area (Å²) < 4.78 is 169. The molecule has 26 rings (SSSR count). The number of aliphatic hydroxyl groups excluding tert-OH is 2. The van der Waals surface area contributed by atoms with Crippen molar-refractivity contribution in [2.45, 2.75) is 184 Å². The number of fused-ring (bicyclic) bond motifs is 2. The summed E-state index contributed by atoms with van der Waals surface area (Å²) >= 11 is 0. The average Bonchev–Trinajstić information content (AvgIpc) is 0.971. The van der Waals surface area contributed by atoms with E-state index in [9.17, 15) is 29.4 Å². The number of hydroxylamine groups is 4. The molecule has 102 heavy (non-hydrogen) atoms. The number of carbonyl (C=O) groups is 4. The number of benzene rings is 2. The van der Waals surface area contributed by atoms with E-state index in [0.717, 1.165) is 0 Å². The van der Waals surface area contributed by atoms with E-state index in [4.69, 9.17) is 133 Å². The fourth-order valence-electron chi connectivity index (χ4n) is 15.0. The van der Waals surface area contributed by atoms with Crippen LogP contribution in [-0.4, -0.2) is 367 Å². The highest BCUT2D eigenvalue weighted by atomic mass is 16.8. The van der Waals surface area contributed by atoms with Gasteiger partial charge in [-0.05, 0) is 24.3 Å². The Balaban J connectivity index is 1.02. The van der Waals surface area contributed by atoms with Gasteiger partial charge in [-0.2, -0.15) is 0 Å². The summed E-state index contributed by atoms with van der Waals surface area (Å²) in [6.07, 6.45) is -38.5. The van der Waals surface area contributed by atoms with Crippen molar-refractivity contribution in [2.75, 3.05) is 139 Å². The van der Waals surface area contributed by atoms with Crippen LogP contribution in [0.5, 0.6) is 0 Å². The first-order valence-electron chi connectivity index (χ1n) is 33.2. The van der Waals surface area contributed by atoms with Crippen LogP contribution in [0.3, 0.4) is 0 Å². The summed E-state index contributed by atoms with van der Waals surface area (Å²) in [4.78, 5) is 68.2. The quantitative estimate of drug-likeness (QED) is 0.114. The Morgan fingerprint density at radius 3 is 0.647 bits per heavy atom. The Morgan fingerprint density at radius 1 is 0.275 bits per heavy atom. The molecule has 4 amide bonds. The van der Waals surface area contributed by atoms with Gasteiger partial charge in [0.2, 0.25) is 0 Å². The zero-order valence-corrected chi connectivity index (χ0v) is 59.0. The smallest absolute Gasteiger partial charge is 0.285 e. The van der Waals surface area contributed by atoms with Crippen molar-refractivity contribution >= 4 is 23.6 Å². The number of hydrogen-bond donors (Lipinski definition) is 2. The van der Waals surface area contributed by atoms with Crippen LogP contribution in [0.2, 0.25) is 0 Å². The van der Waals surface area contributed by atoms with Gasteiger partial charge in [0.25, 0.3) is 23.6 Å². The van der Waals surface area contributed by atoms with Crippen molar-refractivity contribution < 1.29 is 162 Å². The molecular formula is C66H94N2O34. The fraction of sp³-hybridized carbons (Fsp3) is 0.758. The second kappa shape index (κ2) is 35.5. The lowest BCUT2D eigenvalue weighted by Crippen LogP contribution is -2.70. The summed E-state index contributed by atoms with van der Waals surface area (Å²) in [5.74, 6) is -3.11. The van der Waals surface area contributed by atoms with Crippen LogP contribution in [0.15, 0.2) is 48.5 Å². The summed E-state index contributed by atoms with van der Waals surface area (Å²) in [6, 6.07) is 12.3. The van der Waals surface area contributed by atoms with E-state index in [2.05, 4.69) is 0 Å². The van der Waals surface area contributed by atoms with Crippen molar-refractivity contribution in [1.82, 2.24) is 10.1 Å². The number of methoxy groups -OCH3 is 14.